The number of benzene rings is 3. The minimum Gasteiger partial charge on any atom is -0.506 e. The van der Waals surface area contributed by atoms with Crippen molar-refractivity contribution in [1.29, 1.82) is 0 Å². The van der Waals surface area contributed by atoms with E-state index in [1.807, 2.05) is 0 Å². The average Bonchev–Trinajstić information content (AvgIpc) is 2.79. The number of nitrogens with two attached hydrogens (primary N) is 1. The smallest absolute Gasteiger partial charge is 0.262 e. The number of phenols is 1. The lowest BCUT2D eigenvalue weighted by atomic mass is 10.2. The number of fused-ring (bicyclic) bond motifs is 2. The summed E-state index contributed by atoms with van der Waals surface area (Å²) in [5.74, 6) is -1.17. The number of anilines is 3. The summed E-state index contributed by atoms with van der Waals surface area (Å²) in [5.41, 5.74) is 6.37. The standard InChI is InChI=1S/C8H5BrFNO2.C8H6FNO2.C6H6FNO/c9-4-1-6-7(2-5(4)10)13-3-8(12)11-6;9-5-1-2-6-7(3-5)12-4-8(11)10-6;7-4-1-2-5(8)6(9)3-4/h1-2H,3H2,(H,11,12);1-3H,4H2,(H,10,11);1-3,9H,8H2. The highest BCUT2D eigenvalue weighted by atomic mass is 79.9. The van der Waals surface area contributed by atoms with Crippen LogP contribution in [0.4, 0.5) is 30.2 Å². The monoisotopic (exact) mass is 539 g/mol. The molecule has 0 spiro atoms. The number of halogens is 4. The van der Waals surface area contributed by atoms with Gasteiger partial charge in [-0.15, -0.1) is 0 Å². The Kier molecular flexibility index (Phi) is 7.84. The van der Waals surface area contributed by atoms with E-state index in [4.69, 9.17) is 20.3 Å². The Morgan fingerprint density at radius 3 is 2.00 bits per heavy atom. The molecule has 12 heteroatoms. The Morgan fingerprint density at radius 1 is 0.824 bits per heavy atom. The van der Waals surface area contributed by atoms with E-state index in [-0.39, 0.29) is 42.3 Å². The SMILES string of the molecule is Nc1ccc(F)cc1O.O=C1COc2cc(F)c(Br)cc2N1.O=C1COc2cc(F)ccc2N1. The van der Waals surface area contributed by atoms with Crippen molar-refractivity contribution in [2.45, 2.75) is 0 Å². The molecule has 2 heterocycles. The van der Waals surface area contributed by atoms with Gasteiger partial charge in [-0.2, -0.15) is 0 Å². The molecular weight excluding hydrogens is 523 g/mol. The summed E-state index contributed by atoms with van der Waals surface area (Å²) in [6.07, 6.45) is 0. The third kappa shape index (κ3) is 6.54. The molecule has 0 saturated heterocycles. The molecule has 5 rings (SSSR count). The van der Waals surface area contributed by atoms with Crippen molar-refractivity contribution in [2.75, 3.05) is 29.6 Å². The molecule has 178 valence electrons. The molecule has 2 amide bonds. The number of hydrogen-bond acceptors (Lipinski definition) is 6. The van der Waals surface area contributed by atoms with Crippen molar-refractivity contribution in [2.24, 2.45) is 0 Å². The average molecular weight is 540 g/mol. The maximum Gasteiger partial charge on any atom is 0.262 e. The van der Waals surface area contributed by atoms with Crippen LogP contribution in [0.15, 0.2) is 53.0 Å². The summed E-state index contributed by atoms with van der Waals surface area (Å²) in [4.78, 5) is 21.7. The lowest BCUT2D eigenvalue weighted by molar-refractivity contribution is -0.119. The zero-order valence-electron chi connectivity index (χ0n) is 17.2. The largest absolute Gasteiger partial charge is 0.506 e. The molecule has 0 aromatic heterocycles. The first kappa shape index (κ1) is 24.7. The van der Waals surface area contributed by atoms with Gasteiger partial charge in [-0.3, -0.25) is 9.59 Å². The van der Waals surface area contributed by atoms with Gasteiger partial charge in [0.25, 0.3) is 11.8 Å². The van der Waals surface area contributed by atoms with Gasteiger partial charge in [0.05, 0.1) is 21.5 Å². The topological polar surface area (TPSA) is 123 Å². The van der Waals surface area contributed by atoms with E-state index in [9.17, 15) is 22.8 Å². The summed E-state index contributed by atoms with van der Waals surface area (Å²) in [6.45, 7) is -0.107. The molecular formula is C22H17BrF3N3O5. The van der Waals surface area contributed by atoms with E-state index in [2.05, 4.69) is 26.6 Å². The predicted octanol–water partition coefficient (Wildman–Crippen LogP) is 4.19. The lowest BCUT2D eigenvalue weighted by Crippen LogP contribution is -2.25. The third-order valence-corrected chi connectivity index (χ3v) is 4.83. The molecule has 3 aromatic rings. The Hall–Kier alpha value is -3.93. The van der Waals surface area contributed by atoms with E-state index in [1.165, 1.54) is 42.5 Å². The van der Waals surface area contributed by atoms with Gasteiger partial charge in [0.15, 0.2) is 13.2 Å². The molecule has 0 fully saturated rings. The highest BCUT2D eigenvalue weighted by molar-refractivity contribution is 9.10. The molecule has 34 heavy (non-hydrogen) atoms. The van der Waals surface area contributed by atoms with Crippen LogP contribution < -0.4 is 25.8 Å². The Bertz CT molecular complexity index is 1240. The fraction of sp³-hybridized carbons (Fsp3) is 0.0909. The van der Waals surface area contributed by atoms with Crippen molar-refractivity contribution in [1.82, 2.24) is 0 Å². The van der Waals surface area contributed by atoms with E-state index >= 15 is 0 Å². The predicted molar refractivity (Wildman–Crippen MR) is 121 cm³/mol. The van der Waals surface area contributed by atoms with E-state index in [0.717, 1.165) is 6.07 Å². The van der Waals surface area contributed by atoms with Gasteiger partial charge in [-0.25, -0.2) is 13.2 Å². The highest BCUT2D eigenvalue weighted by Crippen LogP contribution is 2.32. The first-order chi connectivity index (χ1) is 16.1. The quantitative estimate of drug-likeness (QED) is 0.251. The number of hydrogen-bond donors (Lipinski definition) is 4. The van der Waals surface area contributed by atoms with Gasteiger partial charge in [-0.05, 0) is 46.3 Å². The number of aromatic hydroxyl groups is 1. The van der Waals surface area contributed by atoms with Crippen molar-refractivity contribution in [3.8, 4) is 17.2 Å². The number of nitrogens with one attached hydrogen (secondary N) is 2. The van der Waals surface area contributed by atoms with Gasteiger partial charge >= 0.3 is 0 Å². The van der Waals surface area contributed by atoms with Crippen LogP contribution in [0.3, 0.4) is 0 Å². The molecule has 0 saturated carbocycles. The Balaban J connectivity index is 0.000000146. The summed E-state index contributed by atoms with van der Waals surface area (Å²) in [5, 5.41) is 13.9. The first-order valence-corrected chi connectivity index (χ1v) is 10.3. The second-order valence-electron chi connectivity index (χ2n) is 6.78. The number of nitrogen functional groups attached to an aromatic ring is 1. The second kappa shape index (κ2) is 10.8. The van der Waals surface area contributed by atoms with Gasteiger partial charge < -0.3 is 30.9 Å². The molecule has 0 aliphatic carbocycles. The minimum atomic E-state index is -0.485. The van der Waals surface area contributed by atoms with E-state index in [1.54, 1.807) is 0 Å². The van der Waals surface area contributed by atoms with E-state index in [0.29, 0.717) is 27.3 Å². The fourth-order valence-corrected chi connectivity index (χ4v) is 2.98. The highest BCUT2D eigenvalue weighted by Gasteiger charge is 2.18. The molecule has 8 nitrogen and oxygen atoms in total. The molecule has 0 bridgehead atoms. The van der Waals surface area contributed by atoms with Gasteiger partial charge in [0, 0.05) is 18.2 Å². The van der Waals surface area contributed by atoms with Crippen molar-refractivity contribution in [3.05, 3.63) is 70.5 Å². The normalized spacial score (nSPS) is 13.2. The van der Waals surface area contributed by atoms with Gasteiger partial charge in [0.1, 0.15) is 34.7 Å². The Morgan fingerprint density at radius 2 is 1.38 bits per heavy atom. The van der Waals surface area contributed by atoms with Crippen LogP contribution in [0, 0.1) is 17.5 Å². The van der Waals surface area contributed by atoms with Crippen LogP contribution in [0.5, 0.6) is 17.2 Å². The number of phenolic OH excluding ortho intramolecular Hbond substituents is 1. The molecule has 3 aromatic carbocycles. The van der Waals surface area contributed by atoms with E-state index < -0.39 is 11.6 Å². The number of carbonyl (C=O) groups is 2. The van der Waals surface area contributed by atoms with Crippen molar-refractivity contribution in [3.63, 3.8) is 0 Å². The molecule has 0 unspecified atom stereocenters. The minimum absolute atomic E-state index is 0.0452. The number of carbonyl (C=O) groups excluding carboxylic acids is 2. The van der Waals surface area contributed by atoms with Crippen molar-refractivity contribution < 1.29 is 37.3 Å². The maximum atomic E-state index is 13.0. The number of rotatable bonds is 0. The zero-order valence-corrected chi connectivity index (χ0v) is 18.8. The second-order valence-corrected chi connectivity index (χ2v) is 7.63. The molecule has 2 aliphatic rings. The van der Waals surface area contributed by atoms with Crippen LogP contribution in [-0.2, 0) is 9.59 Å². The Labute approximate surface area is 199 Å². The third-order valence-electron chi connectivity index (χ3n) is 4.22. The number of amides is 2. The van der Waals surface area contributed by atoms with Crippen LogP contribution in [0.1, 0.15) is 0 Å². The van der Waals surface area contributed by atoms with Gasteiger partial charge in [0.2, 0.25) is 0 Å². The molecule has 0 radical (unpaired) electrons. The van der Waals surface area contributed by atoms with Gasteiger partial charge in [-0.1, -0.05) is 0 Å². The summed E-state index contributed by atoms with van der Waals surface area (Å²) >= 11 is 3.01. The maximum absolute atomic E-state index is 13.0. The molecule has 0 atom stereocenters. The fourth-order valence-electron chi connectivity index (χ4n) is 2.64. The summed E-state index contributed by atoms with van der Waals surface area (Å²) in [7, 11) is 0. The van der Waals surface area contributed by atoms with Crippen LogP contribution in [0.2, 0.25) is 0 Å². The lowest BCUT2D eigenvalue weighted by Gasteiger charge is -2.17. The molecule has 5 N–H and O–H groups in total. The summed E-state index contributed by atoms with van der Waals surface area (Å²) in [6, 6.07) is 10.2. The van der Waals surface area contributed by atoms with Crippen molar-refractivity contribution >= 4 is 44.8 Å². The number of ether oxygens (including phenoxy) is 2. The zero-order chi connectivity index (χ0) is 24.8. The molecule has 2 aliphatic heterocycles. The van der Waals surface area contributed by atoms with Crippen LogP contribution in [-0.4, -0.2) is 30.1 Å². The first-order valence-electron chi connectivity index (χ1n) is 9.50. The summed E-state index contributed by atoms with van der Waals surface area (Å²) < 4.78 is 48.0. The van der Waals surface area contributed by atoms with Crippen LogP contribution in [0.25, 0.3) is 0 Å². The van der Waals surface area contributed by atoms with Crippen LogP contribution >= 0.6 is 15.9 Å².